The lowest BCUT2D eigenvalue weighted by Gasteiger charge is -2.12. The van der Waals surface area contributed by atoms with E-state index in [1.165, 1.54) is 16.7 Å². The van der Waals surface area contributed by atoms with E-state index in [1.807, 2.05) is 0 Å². The van der Waals surface area contributed by atoms with Crippen molar-refractivity contribution in [2.24, 2.45) is 5.73 Å². The summed E-state index contributed by atoms with van der Waals surface area (Å²) in [6.07, 6.45) is 0.968. The molecule has 106 valence electrons. The van der Waals surface area contributed by atoms with Crippen LogP contribution in [0.3, 0.4) is 0 Å². The van der Waals surface area contributed by atoms with Crippen LogP contribution in [-0.4, -0.2) is 32.2 Å². The molecule has 19 heavy (non-hydrogen) atoms. The van der Waals surface area contributed by atoms with Crippen molar-refractivity contribution in [1.29, 1.82) is 0 Å². The van der Waals surface area contributed by atoms with E-state index in [0.29, 0.717) is 19.5 Å². The van der Waals surface area contributed by atoms with Gasteiger partial charge in [0.25, 0.3) is 0 Å². The Morgan fingerprint density at radius 2 is 1.95 bits per heavy atom. The SMILES string of the molecule is COC(CN)CC(=O)NCCc1cc(C)cc(C)c1. The summed E-state index contributed by atoms with van der Waals surface area (Å²) in [5.41, 5.74) is 9.24. The van der Waals surface area contributed by atoms with Gasteiger partial charge in [0, 0.05) is 20.2 Å². The van der Waals surface area contributed by atoms with Crippen LogP contribution in [0.25, 0.3) is 0 Å². The molecule has 1 atom stereocenters. The van der Waals surface area contributed by atoms with Crippen molar-refractivity contribution in [2.75, 3.05) is 20.2 Å². The van der Waals surface area contributed by atoms with Gasteiger partial charge >= 0.3 is 0 Å². The molecule has 0 aliphatic carbocycles. The van der Waals surface area contributed by atoms with Gasteiger partial charge < -0.3 is 15.8 Å². The summed E-state index contributed by atoms with van der Waals surface area (Å²) in [6, 6.07) is 6.44. The molecule has 1 rings (SSSR count). The van der Waals surface area contributed by atoms with Gasteiger partial charge in [-0.15, -0.1) is 0 Å². The van der Waals surface area contributed by atoms with Gasteiger partial charge in [0.05, 0.1) is 12.5 Å². The molecule has 1 unspecified atom stereocenters. The molecule has 0 fully saturated rings. The standard InChI is InChI=1S/C15H24N2O2/c1-11-6-12(2)8-13(7-11)4-5-17-15(18)9-14(10-16)19-3/h6-8,14H,4-5,9-10,16H2,1-3H3,(H,17,18). The number of ether oxygens (including phenoxy) is 1. The summed E-state index contributed by atoms with van der Waals surface area (Å²) in [6.45, 7) is 5.17. The van der Waals surface area contributed by atoms with Gasteiger partial charge in [-0.3, -0.25) is 4.79 Å². The molecular formula is C15H24N2O2. The number of carbonyl (C=O) groups is 1. The quantitative estimate of drug-likeness (QED) is 0.781. The Balaban J connectivity index is 2.35. The molecular weight excluding hydrogens is 240 g/mol. The molecule has 1 aromatic rings. The molecule has 0 heterocycles. The lowest BCUT2D eigenvalue weighted by Crippen LogP contribution is -2.33. The van der Waals surface area contributed by atoms with Crippen LogP contribution in [0, 0.1) is 13.8 Å². The van der Waals surface area contributed by atoms with Gasteiger partial charge in [-0.05, 0) is 25.8 Å². The van der Waals surface area contributed by atoms with Crippen LogP contribution in [0.2, 0.25) is 0 Å². The lowest BCUT2D eigenvalue weighted by atomic mass is 10.1. The third kappa shape index (κ3) is 5.85. The number of hydrogen-bond donors (Lipinski definition) is 2. The number of amides is 1. The van der Waals surface area contributed by atoms with E-state index in [0.717, 1.165) is 6.42 Å². The molecule has 1 aromatic carbocycles. The van der Waals surface area contributed by atoms with Crippen LogP contribution < -0.4 is 11.1 Å². The topological polar surface area (TPSA) is 64.3 Å². The third-order valence-electron chi connectivity index (χ3n) is 3.03. The lowest BCUT2D eigenvalue weighted by molar-refractivity contribution is -0.123. The highest BCUT2D eigenvalue weighted by atomic mass is 16.5. The highest BCUT2D eigenvalue weighted by molar-refractivity contribution is 5.76. The summed E-state index contributed by atoms with van der Waals surface area (Å²) in [5, 5.41) is 2.89. The van der Waals surface area contributed by atoms with E-state index < -0.39 is 0 Å². The van der Waals surface area contributed by atoms with Crippen molar-refractivity contribution in [3.63, 3.8) is 0 Å². The fourth-order valence-electron chi connectivity index (χ4n) is 2.10. The highest BCUT2D eigenvalue weighted by Gasteiger charge is 2.10. The van der Waals surface area contributed by atoms with Gasteiger partial charge in [0.2, 0.25) is 5.91 Å². The van der Waals surface area contributed by atoms with Gasteiger partial charge in [-0.2, -0.15) is 0 Å². The van der Waals surface area contributed by atoms with Gasteiger partial charge in [0.1, 0.15) is 0 Å². The van der Waals surface area contributed by atoms with Crippen molar-refractivity contribution in [1.82, 2.24) is 5.32 Å². The molecule has 0 radical (unpaired) electrons. The first-order chi connectivity index (χ1) is 9.05. The molecule has 4 heteroatoms. The van der Waals surface area contributed by atoms with Gasteiger partial charge in [-0.25, -0.2) is 0 Å². The maximum absolute atomic E-state index is 11.6. The van der Waals surface area contributed by atoms with Crippen LogP contribution in [0.1, 0.15) is 23.1 Å². The maximum atomic E-state index is 11.6. The molecule has 0 saturated carbocycles. The summed E-state index contributed by atoms with van der Waals surface area (Å²) in [4.78, 5) is 11.6. The minimum Gasteiger partial charge on any atom is -0.380 e. The Kier molecular flexibility index (Phi) is 6.53. The fraction of sp³-hybridized carbons (Fsp3) is 0.533. The number of rotatable bonds is 7. The molecule has 4 nitrogen and oxygen atoms in total. The number of carbonyl (C=O) groups excluding carboxylic acids is 1. The zero-order valence-corrected chi connectivity index (χ0v) is 12.0. The number of nitrogens with one attached hydrogen (secondary N) is 1. The molecule has 0 aliphatic rings. The van der Waals surface area contributed by atoms with E-state index in [9.17, 15) is 4.79 Å². The summed E-state index contributed by atoms with van der Waals surface area (Å²) >= 11 is 0. The van der Waals surface area contributed by atoms with Crippen LogP contribution in [0.15, 0.2) is 18.2 Å². The fourth-order valence-corrected chi connectivity index (χ4v) is 2.10. The van der Waals surface area contributed by atoms with E-state index in [4.69, 9.17) is 10.5 Å². The van der Waals surface area contributed by atoms with E-state index in [-0.39, 0.29) is 12.0 Å². The number of hydrogen-bond acceptors (Lipinski definition) is 3. The Hall–Kier alpha value is -1.39. The Morgan fingerprint density at radius 1 is 1.32 bits per heavy atom. The Morgan fingerprint density at radius 3 is 2.47 bits per heavy atom. The summed E-state index contributed by atoms with van der Waals surface area (Å²) in [7, 11) is 1.57. The van der Waals surface area contributed by atoms with Crippen LogP contribution in [-0.2, 0) is 16.0 Å². The van der Waals surface area contributed by atoms with Crippen molar-refractivity contribution >= 4 is 5.91 Å². The smallest absolute Gasteiger partial charge is 0.222 e. The Labute approximate surface area is 115 Å². The molecule has 0 bridgehead atoms. The van der Waals surface area contributed by atoms with Crippen LogP contribution in [0.4, 0.5) is 0 Å². The first-order valence-corrected chi connectivity index (χ1v) is 6.62. The maximum Gasteiger partial charge on any atom is 0.222 e. The average molecular weight is 264 g/mol. The molecule has 1 amide bonds. The predicted octanol–water partition coefficient (Wildman–Crippen LogP) is 1.33. The average Bonchev–Trinajstić information content (AvgIpc) is 2.34. The second kappa shape index (κ2) is 7.92. The number of nitrogens with two attached hydrogens (primary N) is 1. The number of aryl methyl sites for hydroxylation is 2. The van der Waals surface area contributed by atoms with E-state index in [2.05, 4.69) is 37.4 Å². The molecule has 0 aliphatic heterocycles. The zero-order valence-electron chi connectivity index (χ0n) is 12.0. The largest absolute Gasteiger partial charge is 0.380 e. The van der Waals surface area contributed by atoms with Crippen molar-refractivity contribution in [3.05, 3.63) is 34.9 Å². The minimum absolute atomic E-state index is 0.0123. The molecule has 0 spiro atoms. The monoisotopic (exact) mass is 264 g/mol. The van der Waals surface area contributed by atoms with Crippen molar-refractivity contribution in [3.8, 4) is 0 Å². The first-order valence-electron chi connectivity index (χ1n) is 6.62. The van der Waals surface area contributed by atoms with Crippen LogP contribution >= 0.6 is 0 Å². The molecule has 0 aromatic heterocycles. The first kappa shape index (κ1) is 15.7. The number of methoxy groups -OCH3 is 1. The van der Waals surface area contributed by atoms with E-state index in [1.54, 1.807) is 7.11 Å². The second-order valence-electron chi connectivity index (χ2n) is 4.89. The normalized spacial score (nSPS) is 12.2. The van der Waals surface area contributed by atoms with E-state index >= 15 is 0 Å². The van der Waals surface area contributed by atoms with Gasteiger partial charge in [0.15, 0.2) is 0 Å². The molecule has 0 saturated heterocycles. The number of benzene rings is 1. The summed E-state index contributed by atoms with van der Waals surface area (Å²) in [5.74, 6) is -0.0123. The van der Waals surface area contributed by atoms with Gasteiger partial charge in [-0.1, -0.05) is 29.3 Å². The van der Waals surface area contributed by atoms with Crippen LogP contribution in [0.5, 0.6) is 0 Å². The second-order valence-corrected chi connectivity index (χ2v) is 4.89. The predicted molar refractivity (Wildman–Crippen MR) is 77.1 cm³/mol. The third-order valence-corrected chi connectivity index (χ3v) is 3.03. The van der Waals surface area contributed by atoms with Crippen molar-refractivity contribution < 1.29 is 9.53 Å². The zero-order chi connectivity index (χ0) is 14.3. The minimum atomic E-state index is -0.193. The summed E-state index contributed by atoms with van der Waals surface area (Å²) < 4.78 is 5.08. The van der Waals surface area contributed by atoms with Crippen molar-refractivity contribution in [2.45, 2.75) is 32.8 Å². The highest BCUT2D eigenvalue weighted by Crippen LogP contribution is 2.09. The Bertz CT molecular complexity index is 394. The molecule has 3 N–H and O–H groups in total.